The summed E-state index contributed by atoms with van der Waals surface area (Å²) in [6, 6.07) is 15.9. The van der Waals surface area contributed by atoms with Crippen LogP contribution in [0.25, 0.3) is 0 Å². The standard InChI is InChI=1S/C21H26N2O2/c1-5-15(4)23-20(16-10-12-17(13-11-16)25-14(2)3)22-19-9-7-6-8-18(19)21(23)24/h6-15,20,22H,5H2,1-4H3. The molecule has 1 heterocycles. The minimum Gasteiger partial charge on any atom is -0.491 e. The van der Waals surface area contributed by atoms with Crippen LogP contribution in [0, 0.1) is 0 Å². The van der Waals surface area contributed by atoms with Crippen molar-refractivity contribution in [1.29, 1.82) is 0 Å². The van der Waals surface area contributed by atoms with Gasteiger partial charge in [0.15, 0.2) is 0 Å². The molecule has 25 heavy (non-hydrogen) atoms. The highest BCUT2D eigenvalue weighted by atomic mass is 16.5. The van der Waals surface area contributed by atoms with Gasteiger partial charge < -0.3 is 15.0 Å². The SMILES string of the molecule is CCC(C)N1C(=O)c2ccccc2NC1c1ccc(OC(C)C)cc1. The van der Waals surface area contributed by atoms with Gasteiger partial charge in [-0.1, -0.05) is 31.2 Å². The van der Waals surface area contributed by atoms with E-state index in [-0.39, 0.29) is 24.2 Å². The average Bonchev–Trinajstić information content (AvgIpc) is 2.61. The third-order valence-corrected chi connectivity index (χ3v) is 4.60. The van der Waals surface area contributed by atoms with E-state index >= 15 is 0 Å². The van der Waals surface area contributed by atoms with Gasteiger partial charge in [-0.2, -0.15) is 0 Å². The highest BCUT2D eigenvalue weighted by Crippen LogP contribution is 2.35. The van der Waals surface area contributed by atoms with Crippen LogP contribution < -0.4 is 10.1 Å². The quantitative estimate of drug-likeness (QED) is 0.848. The van der Waals surface area contributed by atoms with Gasteiger partial charge >= 0.3 is 0 Å². The van der Waals surface area contributed by atoms with Crippen molar-refractivity contribution in [3.8, 4) is 5.75 Å². The van der Waals surface area contributed by atoms with Crippen LogP contribution in [0.5, 0.6) is 5.75 Å². The van der Waals surface area contributed by atoms with E-state index in [2.05, 4.69) is 19.2 Å². The molecule has 4 heteroatoms. The molecule has 2 aromatic carbocycles. The van der Waals surface area contributed by atoms with Gasteiger partial charge in [0.05, 0.1) is 11.7 Å². The van der Waals surface area contributed by atoms with E-state index in [4.69, 9.17) is 4.74 Å². The molecule has 2 aromatic rings. The molecule has 0 saturated heterocycles. The zero-order chi connectivity index (χ0) is 18.0. The van der Waals surface area contributed by atoms with Crippen molar-refractivity contribution in [1.82, 2.24) is 4.90 Å². The van der Waals surface area contributed by atoms with Gasteiger partial charge in [0.25, 0.3) is 5.91 Å². The van der Waals surface area contributed by atoms with Crippen LogP contribution in [0.3, 0.4) is 0 Å². The van der Waals surface area contributed by atoms with Crippen LogP contribution in [0.2, 0.25) is 0 Å². The van der Waals surface area contributed by atoms with Crippen molar-refractivity contribution >= 4 is 11.6 Å². The molecule has 1 aliphatic heterocycles. The molecule has 0 aliphatic carbocycles. The Kier molecular flexibility index (Phi) is 4.98. The third-order valence-electron chi connectivity index (χ3n) is 4.60. The first-order valence-corrected chi connectivity index (χ1v) is 8.96. The largest absolute Gasteiger partial charge is 0.491 e. The lowest BCUT2D eigenvalue weighted by Crippen LogP contribution is -2.47. The van der Waals surface area contributed by atoms with Crippen molar-refractivity contribution in [2.24, 2.45) is 0 Å². The number of amides is 1. The maximum Gasteiger partial charge on any atom is 0.258 e. The summed E-state index contributed by atoms with van der Waals surface area (Å²) in [4.78, 5) is 15.0. The fraction of sp³-hybridized carbons (Fsp3) is 0.381. The first-order chi connectivity index (χ1) is 12.0. The lowest BCUT2D eigenvalue weighted by molar-refractivity contribution is 0.0593. The number of anilines is 1. The van der Waals surface area contributed by atoms with E-state index in [1.165, 1.54) is 0 Å². The van der Waals surface area contributed by atoms with Gasteiger partial charge in [0.1, 0.15) is 11.9 Å². The van der Waals surface area contributed by atoms with E-state index in [1.807, 2.05) is 67.3 Å². The molecule has 0 aromatic heterocycles. The minimum absolute atomic E-state index is 0.0798. The molecule has 0 bridgehead atoms. The normalized spacial score (nSPS) is 17.9. The van der Waals surface area contributed by atoms with Crippen LogP contribution in [0.15, 0.2) is 48.5 Å². The van der Waals surface area contributed by atoms with Crippen LogP contribution >= 0.6 is 0 Å². The molecule has 0 saturated carbocycles. The Hall–Kier alpha value is -2.49. The molecule has 0 fully saturated rings. The lowest BCUT2D eigenvalue weighted by Gasteiger charge is -2.41. The fourth-order valence-electron chi connectivity index (χ4n) is 3.16. The number of benzene rings is 2. The Morgan fingerprint density at radius 2 is 1.76 bits per heavy atom. The number of para-hydroxylation sites is 1. The highest BCUT2D eigenvalue weighted by Gasteiger charge is 2.35. The molecule has 0 radical (unpaired) electrons. The summed E-state index contributed by atoms with van der Waals surface area (Å²) in [6.07, 6.45) is 0.870. The van der Waals surface area contributed by atoms with Crippen LogP contribution in [0.1, 0.15) is 56.2 Å². The molecular weight excluding hydrogens is 312 g/mol. The second-order valence-corrected chi connectivity index (χ2v) is 6.80. The number of fused-ring (bicyclic) bond motifs is 1. The van der Waals surface area contributed by atoms with E-state index < -0.39 is 0 Å². The number of nitrogens with zero attached hydrogens (tertiary/aromatic N) is 1. The number of ether oxygens (including phenoxy) is 1. The summed E-state index contributed by atoms with van der Waals surface area (Å²) < 4.78 is 5.73. The van der Waals surface area contributed by atoms with Crippen LogP contribution in [-0.2, 0) is 0 Å². The number of carbonyl (C=O) groups is 1. The molecule has 132 valence electrons. The zero-order valence-corrected chi connectivity index (χ0v) is 15.3. The van der Waals surface area contributed by atoms with Crippen molar-refractivity contribution in [3.63, 3.8) is 0 Å². The van der Waals surface area contributed by atoms with Crippen molar-refractivity contribution < 1.29 is 9.53 Å². The van der Waals surface area contributed by atoms with Gasteiger partial charge in [0.2, 0.25) is 0 Å². The molecule has 1 N–H and O–H groups in total. The molecule has 2 unspecified atom stereocenters. The highest BCUT2D eigenvalue weighted by molar-refractivity contribution is 6.01. The Morgan fingerprint density at radius 3 is 2.40 bits per heavy atom. The Balaban J connectivity index is 1.96. The zero-order valence-electron chi connectivity index (χ0n) is 15.3. The van der Waals surface area contributed by atoms with Crippen molar-refractivity contribution in [2.45, 2.75) is 52.4 Å². The van der Waals surface area contributed by atoms with Gasteiger partial charge in [-0.05, 0) is 57.0 Å². The second kappa shape index (κ2) is 7.18. The van der Waals surface area contributed by atoms with Gasteiger partial charge in [-0.25, -0.2) is 0 Å². The maximum absolute atomic E-state index is 13.1. The monoisotopic (exact) mass is 338 g/mol. The summed E-state index contributed by atoms with van der Waals surface area (Å²) in [7, 11) is 0. The smallest absolute Gasteiger partial charge is 0.258 e. The first kappa shape index (κ1) is 17.3. The van der Waals surface area contributed by atoms with E-state index in [0.29, 0.717) is 0 Å². The number of hydrogen-bond donors (Lipinski definition) is 1. The van der Waals surface area contributed by atoms with Gasteiger partial charge in [-0.3, -0.25) is 4.79 Å². The molecular formula is C21H26N2O2. The van der Waals surface area contributed by atoms with Crippen molar-refractivity contribution in [2.75, 3.05) is 5.32 Å². The number of carbonyl (C=O) groups excluding carboxylic acids is 1. The second-order valence-electron chi connectivity index (χ2n) is 6.80. The summed E-state index contributed by atoms with van der Waals surface area (Å²) >= 11 is 0. The molecule has 4 nitrogen and oxygen atoms in total. The van der Waals surface area contributed by atoms with Crippen LogP contribution in [-0.4, -0.2) is 23.0 Å². The predicted octanol–water partition coefficient (Wildman–Crippen LogP) is 4.84. The first-order valence-electron chi connectivity index (χ1n) is 8.96. The third kappa shape index (κ3) is 3.48. The minimum atomic E-state index is -0.176. The Morgan fingerprint density at radius 1 is 1.08 bits per heavy atom. The van der Waals surface area contributed by atoms with E-state index in [9.17, 15) is 4.79 Å². The Labute approximate surface area is 149 Å². The van der Waals surface area contributed by atoms with Crippen LogP contribution in [0.4, 0.5) is 5.69 Å². The summed E-state index contributed by atoms with van der Waals surface area (Å²) in [5.74, 6) is 0.924. The maximum atomic E-state index is 13.1. The molecule has 1 aliphatic rings. The van der Waals surface area contributed by atoms with Crippen molar-refractivity contribution in [3.05, 3.63) is 59.7 Å². The number of rotatable bonds is 5. The van der Waals surface area contributed by atoms with E-state index in [1.54, 1.807) is 0 Å². The topological polar surface area (TPSA) is 41.6 Å². The van der Waals surface area contributed by atoms with Gasteiger partial charge in [-0.15, -0.1) is 0 Å². The summed E-state index contributed by atoms with van der Waals surface area (Å²) in [5.41, 5.74) is 2.68. The number of hydrogen-bond acceptors (Lipinski definition) is 3. The predicted molar refractivity (Wildman–Crippen MR) is 101 cm³/mol. The molecule has 2 atom stereocenters. The summed E-state index contributed by atoms with van der Waals surface area (Å²) in [5, 5.41) is 3.53. The molecule has 3 rings (SSSR count). The average molecular weight is 338 g/mol. The fourth-order valence-corrected chi connectivity index (χ4v) is 3.16. The van der Waals surface area contributed by atoms with Gasteiger partial charge in [0, 0.05) is 11.7 Å². The molecule has 1 amide bonds. The lowest BCUT2D eigenvalue weighted by atomic mass is 10.0. The molecule has 0 spiro atoms. The number of nitrogens with one attached hydrogen (secondary N) is 1. The summed E-state index contributed by atoms with van der Waals surface area (Å²) in [6.45, 7) is 8.22. The Bertz CT molecular complexity index is 740. The van der Waals surface area contributed by atoms with E-state index in [0.717, 1.165) is 29.0 Å².